The van der Waals surface area contributed by atoms with Crippen molar-refractivity contribution in [1.82, 2.24) is 5.32 Å². The first kappa shape index (κ1) is 14.9. The predicted octanol–water partition coefficient (Wildman–Crippen LogP) is 3.66. The van der Waals surface area contributed by atoms with Gasteiger partial charge in [0.1, 0.15) is 0 Å². The maximum atomic E-state index is 13.2. The molecule has 2 N–H and O–H groups in total. The molecule has 1 aromatic carbocycles. The van der Waals surface area contributed by atoms with Gasteiger partial charge in [0, 0.05) is 12.0 Å². The summed E-state index contributed by atoms with van der Waals surface area (Å²) in [5, 5.41) is 14.0. The van der Waals surface area contributed by atoms with E-state index in [-0.39, 0.29) is 11.5 Å². The Labute approximate surface area is 122 Å². The highest BCUT2D eigenvalue weighted by Crippen LogP contribution is 2.47. The van der Waals surface area contributed by atoms with E-state index in [1.165, 1.54) is 6.07 Å². The molecule has 1 saturated carbocycles. The number of benzene rings is 1. The van der Waals surface area contributed by atoms with Gasteiger partial charge in [0.15, 0.2) is 0 Å². The fraction of sp³-hybridized carbons (Fsp3) is 0.625. The van der Waals surface area contributed by atoms with Crippen LogP contribution in [0.2, 0.25) is 0 Å². The summed E-state index contributed by atoms with van der Waals surface area (Å²) in [5.74, 6) is -0.136. The SMILES string of the molecule is O[C@]12CCCC[C@@H]1[C@@H](c1ccccc1C(F)(F)F)NCC2. The van der Waals surface area contributed by atoms with Gasteiger partial charge in [-0.25, -0.2) is 0 Å². The Hall–Kier alpha value is -1.07. The van der Waals surface area contributed by atoms with Gasteiger partial charge < -0.3 is 10.4 Å². The highest BCUT2D eigenvalue weighted by Gasteiger charge is 2.47. The molecule has 21 heavy (non-hydrogen) atoms. The lowest BCUT2D eigenvalue weighted by molar-refractivity contribution is -0.140. The Morgan fingerprint density at radius 3 is 2.67 bits per heavy atom. The number of piperidine rings is 1. The molecule has 3 rings (SSSR count). The minimum Gasteiger partial charge on any atom is -0.389 e. The average Bonchev–Trinajstić information content (AvgIpc) is 2.45. The standard InChI is InChI=1S/C16H20F3NO/c17-16(18,19)12-6-2-1-5-11(12)14-13-7-3-4-8-15(13,21)9-10-20-14/h1-2,5-6,13-14,20-21H,3-4,7-10H2/t13-,14-,15+/m1/s1. The molecule has 5 heteroatoms. The van der Waals surface area contributed by atoms with Crippen LogP contribution in [0.15, 0.2) is 24.3 Å². The molecule has 0 radical (unpaired) electrons. The van der Waals surface area contributed by atoms with Crippen molar-refractivity contribution in [3.8, 4) is 0 Å². The Balaban J connectivity index is 2.00. The first-order valence-corrected chi connectivity index (χ1v) is 7.54. The van der Waals surface area contributed by atoms with Crippen molar-refractivity contribution in [2.45, 2.75) is 49.9 Å². The fourth-order valence-electron chi connectivity index (χ4n) is 3.98. The third kappa shape index (κ3) is 2.69. The van der Waals surface area contributed by atoms with Gasteiger partial charge in [0.25, 0.3) is 0 Å². The molecule has 0 spiro atoms. The van der Waals surface area contributed by atoms with Crippen LogP contribution in [0, 0.1) is 5.92 Å². The Morgan fingerprint density at radius 1 is 1.14 bits per heavy atom. The molecule has 0 aromatic heterocycles. The van der Waals surface area contributed by atoms with E-state index in [4.69, 9.17) is 0 Å². The molecule has 2 aliphatic rings. The molecule has 1 aliphatic carbocycles. The number of halogens is 3. The minimum absolute atomic E-state index is 0.136. The smallest absolute Gasteiger partial charge is 0.389 e. The summed E-state index contributed by atoms with van der Waals surface area (Å²) in [6, 6.07) is 5.32. The van der Waals surface area contributed by atoms with Crippen LogP contribution in [0.25, 0.3) is 0 Å². The largest absolute Gasteiger partial charge is 0.416 e. The normalized spacial score (nSPS) is 33.5. The van der Waals surface area contributed by atoms with Gasteiger partial charge >= 0.3 is 6.18 Å². The van der Waals surface area contributed by atoms with Crippen LogP contribution < -0.4 is 5.32 Å². The fourth-order valence-corrected chi connectivity index (χ4v) is 3.98. The molecule has 3 atom stereocenters. The van der Waals surface area contributed by atoms with Gasteiger partial charge in [-0.3, -0.25) is 0 Å². The zero-order valence-corrected chi connectivity index (χ0v) is 11.8. The van der Waals surface area contributed by atoms with Crippen LogP contribution in [0.3, 0.4) is 0 Å². The van der Waals surface area contributed by atoms with Gasteiger partial charge in [0.2, 0.25) is 0 Å². The van der Waals surface area contributed by atoms with Crippen molar-refractivity contribution in [3.63, 3.8) is 0 Å². The lowest BCUT2D eigenvalue weighted by atomic mass is 9.66. The van der Waals surface area contributed by atoms with Gasteiger partial charge in [-0.05, 0) is 37.4 Å². The second-order valence-corrected chi connectivity index (χ2v) is 6.22. The van der Waals surface area contributed by atoms with Crippen molar-refractivity contribution < 1.29 is 18.3 Å². The number of nitrogens with one attached hydrogen (secondary N) is 1. The van der Waals surface area contributed by atoms with E-state index >= 15 is 0 Å². The Morgan fingerprint density at radius 2 is 1.90 bits per heavy atom. The number of hydrogen-bond acceptors (Lipinski definition) is 2. The average molecular weight is 299 g/mol. The van der Waals surface area contributed by atoms with Crippen molar-refractivity contribution in [2.75, 3.05) is 6.54 Å². The highest BCUT2D eigenvalue weighted by molar-refractivity contribution is 5.34. The van der Waals surface area contributed by atoms with Crippen LogP contribution in [0.1, 0.15) is 49.3 Å². The zero-order valence-electron chi connectivity index (χ0n) is 11.8. The van der Waals surface area contributed by atoms with Crippen molar-refractivity contribution in [1.29, 1.82) is 0 Å². The van der Waals surface area contributed by atoms with E-state index in [0.717, 1.165) is 25.3 Å². The van der Waals surface area contributed by atoms with Crippen molar-refractivity contribution in [2.24, 2.45) is 5.92 Å². The summed E-state index contributed by atoms with van der Waals surface area (Å²) in [5.41, 5.74) is -1.13. The van der Waals surface area contributed by atoms with Gasteiger partial charge in [-0.15, -0.1) is 0 Å². The second kappa shape index (κ2) is 5.29. The summed E-state index contributed by atoms with van der Waals surface area (Å²) in [7, 11) is 0. The maximum Gasteiger partial charge on any atom is 0.416 e. The lowest BCUT2D eigenvalue weighted by Crippen LogP contribution is -2.53. The molecule has 2 fully saturated rings. The first-order valence-electron chi connectivity index (χ1n) is 7.54. The molecule has 116 valence electrons. The van der Waals surface area contributed by atoms with Crippen LogP contribution in [-0.2, 0) is 6.18 Å². The van der Waals surface area contributed by atoms with E-state index < -0.39 is 23.4 Å². The third-order valence-electron chi connectivity index (χ3n) is 4.99. The van der Waals surface area contributed by atoms with Crippen LogP contribution >= 0.6 is 0 Å². The van der Waals surface area contributed by atoms with Crippen LogP contribution in [0.4, 0.5) is 13.2 Å². The topological polar surface area (TPSA) is 32.3 Å². The van der Waals surface area contributed by atoms with E-state index in [2.05, 4.69) is 5.32 Å². The number of rotatable bonds is 1. The zero-order chi connectivity index (χ0) is 15.1. The Kier molecular flexibility index (Phi) is 3.74. The van der Waals surface area contributed by atoms with Crippen molar-refractivity contribution in [3.05, 3.63) is 35.4 Å². The predicted molar refractivity (Wildman–Crippen MR) is 73.7 cm³/mol. The summed E-state index contributed by atoms with van der Waals surface area (Å²) in [6.45, 7) is 0.559. The molecular weight excluding hydrogens is 279 g/mol. The molecule has 0 unspecified atom stereocenters. The Bertz CT molecular complexity index is 512. The maximum absolute atomic E-state index is 13.2. The summed E-state index contributed by atoms with van der Waals surface area (Å²) in [4.78, 5) is 0. The molecule has 1 aromatic rings. The third-order valence-corrected chi connectivity index (χ3v) is 4.99. The van der Waals surface area contributed by atoms with Crippen molar-refractivity contribution >= 4 is 0 Å². The molecule has 0 bridgehead atoms. The molecule has 0 amide bonds. The molecule has 2 nitrogen and oxygen atoms in total. The molecule has 1 aliphatic heterocycles. The van der Waals surface area contributed by atoms with E-state index in [9.17, 15) is 18.3 Å². The second-order valence-electron chi connectivity index (χ2n) is 6.22. The van der Waals surface area contributed by atoms with Crippen LogP contribution in [0.5, 0.6) is 0 Å². The molecule has 1 saturated heterocycles. The molecular formula is C16H20F3NO. The highest BCUT2D eigenvalue weighted by atomic mass is 19.4. The van der Waals surface area contributed by atoms with E-state index in [0.29, 0.717) is 19.4 Å². The van der Waals surface area contributed by atoms with Gasteiger partial charge in [-0.1, -0.05) is 31.0 Å². The number of fused-ring (bicyclic) bond motifs is 1. The molecule has 1 heterocycles. The summed E-state index contributed by atoms with van der Waals surface area (Å²) >= 11 is 0. The monoisotopic (exact) mass is 299 g/mol. The number of alkyl halides is 3. The number of hydrogen-bond donors (Lipinski definition) is 2. The summed E-state index contributed by atoms with van der Waals surface area (Å²) < 4.78 is 39.7. The number of aliphatic hydroxyl groups is 1. The first-order chi connectivity index (χ1) is 9.92. The van der Waals surface area contributed by atoms with Gasteiger partial charge in [0.05, 0.1) is 11.2 Å². The van der Waals surface area contributed by atoms with Crippen LogP contribution in [-0.4, -0.2) is 17.3 Å². The summed E-state index contributed by atoms with van der Waals surface area (Å²) in [6.07, 6.45) is -0.324. The minimum atomic E-state index is -4.36. The lowest BCUT2D eigenvalue weighted by Gasteiger charge is -2.48. The van der Waals surface area contributed by atoms with E-state index in [1.807, 2.05) is 0 Å². The van der Waals surface area contributed by atoms with Gasteiger partial charge in [-0.2, -0.15) is 13.2 Å². The quantitative estimate of drug-likeness (QED) is 0.829. The van der Waals surface area contributed by atoms with E-state index in [1.54, 1.807) is 12.1 Å².